The first kappa shape index (κ1) is 21.9. The highest BCUT2D eigenvalue weighted by molar-refractivity contribution is 7.71. The molecule has 9 heteroatoms. The van der Waals surface area contributed by atoms with Gasteiger partial charge in [0, 0.05) is 37.3 Å². The van der Waals surface area contributed by atoms with Gasteiger partial charge in [0.15, 0.2) is 10.6 Å². The number of H-pyrrole nitrogens is 1. The smallest absolute Gasteiger partial charge is 0.254 e. The Morgan fingerprint density at radius 2 is 1.69 bits per heavy atom. The Hall–Kier alpha value is -3.33. The summed E-state index contributed by atoms with van der Waals surface area (Å²) >= 11 is 5.34. The van der Waals surface area contributed by atoms with Crippen molar-refractivity contribution in [2.45, 2.75) is 20.4 Å². The summed E-state index contributed by atoms with van der Waals surface area (Å²) in [5, 5.41) is 7.06. The van der Waals surface area contributed by atoms with Gasteiger partial charge in [0.2, 0.25) is 5.91 Å². The van der Waals surface area contributed by atoms with E-state index in [0.717, 1.165) is 11.1 Å². The van der Waals surface area contributed by atoms with Crippen LogP contribution in [0.25, 0.3) is 11.4 Å². The molecule has 2 aromatic carbocycles. The summed E-state index contributed by atoms with van der Waals surface area (Å²) in [5.41, 5.74) is 2.82. The molecule has 166 valence electrons. The van der Waals surface area contributed by atoms with E-state index in [9.17, 15) is 14.0 Å². The first-order valence-corrected chi connectivity index (χ1v) is 10.8. The van der Waals surface area contributed by atoms with Crippen LogP contribution in [0.1, 0.15) is 21.5 Å². The third-order valence-corrected chi connectivity index (χ3v) is 6.01. The molecule has 1 aliphatic rings. The molecule has 2 amide bonds. The molecular weight excluding hydrogens is 429 g/mol. The zero-order valence-electron chi connectivity index (χ0n) is 18.0. The van der Waals surface area contributed by atoms with E-state index < -0.39 is 5.82 Å². The lowest BCUT2D eigenvalue weighted by atomic mass is 10.1. The highest BCUT2D eigenvalue weighted by atomic mass is 32.1. The number of nitrogens with one attached hydrogen (secondary N) is 1. The second-order valence-electron chi connectivity index (χ2n) is 7.94. The van der Waals surface area contributed by atoms with Crippen molar-refractivity contribution < 1.29 is 14.0 Å². The Bertz CT molecular complexity index is 1210. The van der Waals surface area contributed by atoms with E-state index in [0.29, 0.717) is 47.9 Å². The molecule has 0 unspecified atom stereocenters. The van der Waals surface area contributed by atoms with Gasteiger partial charge >= 0.3 is 0 Å². The highest BCUT2D eigenvalue weighted by Crippen LogP contribution is 2.19. The van der Waals surface area contributed by atoms with Crippen LogP contribution >= 0.6 is 12.2 Å². The second-order valence-corrected chi connectivity index (χ2v) is 8.33. The van der Waals surface area contributed by atoms with Crippen LogP contribution in [0.5, 0.6) is 0 Å². The number of rotatable bonds is 4. The number of hydrogen-bond acceptors (Lipinski definition) is 4. The van der Waals surface area contributed by atoms with Crippen molar-refractivity contribution in [1.29, 1.82) is 0 Å². The van der Waals surface area contributed by atoms with Crippen LogP contribution in [0.2, 0.25) is 0 Å². The number of aromatic nitrogens is 3. The molecule has 0 atom stereocenters. The minimum atomic E-state index is -0.397. The zero-order valence-corrected chi connectivity index (χ0v) is 18.8. The molecule has 1 saturated heterocycles. The minimum absolute atomic E-state index is 0.0651. The van der Waals surface area contributed by atoms with Crippen molar-refractivity contribution in [2.24, 2.45) is 0 Å². The number of hydrogen-bond donors (Lipinski definition) is 1. The average Bonchev–Trinajstić information content (AvgIpc) is 3.16. The fourth-order valence-corrected chi connectivity index (χ4v) is 3.89. The summed E-state index contributed by atoms with van der Waals surface area (Å²) in [5.74, 6) is -0.108. The molecule has 32 heavy (non-hydrogen) atoms. The zero-order chi connectivity index (χ0) is 22.8. The van der Waals surface area contributed by atoms with Gasteiger partial charge in [-0.1, -0.05) is 35.9 Å². The number of amides is 2. The summed E-state index contributed by atoms with van der Waals surface area (Å²) in [4.78, 5) is 29.0. The summed E-state index contributed by atoms with van der Waals surface area (Å²) in [7, 11) is 0. The number of halogens is 1. The van der Waals surface area contributed by atoms with Gasteiger partial charge in [0.1, 0.15) is 12.4 Å². The Balaban J connectivity index is 1.41. The molecule has 0 radical (unpaired) electrons. The van der Waals surface area contributed by atoms with Gasteiger partial charge in [-0.2, -0.15) is 5.10 Å². The summed E-state index contributed by atoms with van der Waals surface area (Å²) in [6, 6.07) is 12.3. The molecule has 7 nitrogen and oxygen atoms in total. The van der Waals surface area contributed by atoms with E-state index in [1.165, 1.54) is 6.07 Å². The third kappa shape index (κ3) is 4.47. The summed E-state index contributed by atoms with van der Waals surface area (Å²) in [6.07, 6.45) is 0. The monoisotopic (exact) mass is 453 g/mol. The topological polar surface area (TPSA) is 74.2 Å². The molecule has 1 N–H and O–H groups in total. The summed E-state index contributed by atoms with van der Waals surface area (Å²) < 4.78 is 15.9. The highest BCUT2D eigenvalue weighted by Gasteiger charge is 2.26. The molecule has 1 aliphatic heterocycles. The lowest BCUT2D eigenvalue weighted by molar-refractivity contribution is -0.133. The lowest BCUT2D eigenvalue weighted by Crippen LogP contribution is -2.51. The predicted octanol–water partition coefficient (Wildman–Crippen LogP) is 3.35. The standard InChI is InChI=1S/C23H24FN5O2S/c1-15-3-6-17(7-4-15)21-25-26-23(32)29(21)14-20(30)27-9-11-28(12-10-27)22(31)18-8-5-16(2)19(24)13-18/h3-8,13H,9-12,14H2,1-2H3,(H,26,32). The van der Waals surface area contributed by atoms with Gasteiger partial charge in [-0.05, 0) is 43.8 Å². The maximum atomic E-state index is 13.8. The summed E-state index contributed by atoms with van der Waals surface area (Å²) in [6.45, 7) is 5.32. The van der Waals surface area contributed by atoms with Gasteiger partial charge in [-0.15, -0.1) is 0 Å². The van der Waals surface area contributed by atoms with Gasteiger partial charge in [0.05, 0.1) is 0 Å². The van der Waals surface area contributed by atoms with Crippen molar-refractivity contribution in [1.82, 2.24) is 24.6 Å². The number of benzene rings is 2. The maximum Gasteiger partial charge on any atom is 0.254 e. The molecule has 0 spiro atoms. The molecule has 0 bridgehead atoms. The number of aromatic amines is 1. The van der Waals surface area contributed by atoms with Gasteiger partial charge in [-0.25, -0.2) is 4.39 Å². The molecule has 0 saturated carbocycles. The molecule has 3 aromatic rings. The van der Waals surface area contributed by atoms with E-state index in [2.05, 4.69) is 10.2 Å². The van der Waals surface area contributed by atoms with Gasteiger partial charge in [0.25, 0.3) is 5.91 Å². The van der Waals surface area contributed by atoms with Gasteiger partial charge in [-0.3, -0.25) is 19.3 Å². The van der Waals surface area contributed by atoms with E-state index in [1.54, 1.807) is 33.4 Å². The first-order chi connectivity index (χ1) is 15.3. The van der Waals surface area contributed by atoms with E-state index in [-0.39, 0.29) is 18.4 Å². The van der Waals surface area contributed by atoms with E-state index >= 15 is 0 Å². The first-order valence-electron chi connectivity index (χ1n) is 10.4. The molecule has 1 fully saturated rings. The molecule has 2 heterocycles. The van der Waals surface area contributed by atoms with Crippen molar-refractivity contribution in [3.05, 3.63) is 69.7 Å². The van der Waals surface area contributed by atoms with Crippen LogP contribution in [0.4, 0.5) is 4.39 Å². The number of carbonyl (C=O) groups excluding carboxylic acids is 2. The van der Waals surface area contributed by atoms with E-state index in [1.807, 2.05) is 31.2 Å². The average molecular weight is 454 g/mol. The number of carbonyl (C=O) groups is 2. The van der Waals surface area contributed by atoms with Crippen LogP contribution < -0.4 is 0 Å². The normalized spacial score (nSPS) is 14.0. The Morgan fingerprint density at radius 3 is 2.34 bits per heavy atom. The minimum Gasteiger partial charge on any atom is -0.338 e. The van der Waals surface area contributed by atoms with Crippen LogP contribution in [-0.2, 0) is 11.3 Å². The second kappa shape index (κ2) is 9.04. The van der Waals surface area contributed by atoms with Crippen molar-refractivity contribution in [3.8, 4) is 11.4 Å². The maximum absolute atomic E-state index is 13.8. The largest absolute Gasteiger partial charge is 0.338 e. The van der Waals surface area contributed by atoms with Crippen LogP contribution in [0.3, 0.4) is 0 Å². The van der Waals surface area contributed by atoms with Crippen molar-refractivity contribution in [2.75, 3.05) is 26.2 Å². The molecular formula is C23H24FN5O2S. The Morgan fingerprint density at radius 1 is 1.03 bits per heavy atom. The lowest BCUT2D eigenvalue weighted by Gasteiger charge is -2.35. The Labute approximate surface area is 190 Å². The van der Waals surface area contributed by atoms with Crippen LogP contribution in [0.15, 0.2) is 42.5 Å². The fourth-order valence-electron chi connectivity index (χ4n) is 3.69. The molecule has 1 aromatic heterocycles. The van der Waals surface area contributed by atoms with Crippen LogP contribution in [0, 0.1) is 24.4 Å². The number of nitrogens with zero attached hydrogens (tertiary/aromatic N) is 4. The fraction of sp³-hybridized carbons (Fsp3) is 0.304. The van der Waals surface area contributed by atoms with Crippen LogP contribution in [-0.4, -0.2) is 62.6 Å². The molecule has 0 aliphatic carbocycles. The van der Waals surface area contributed by atoms with Gasteiger partial charge < -0.3 is 9.80 Å². The Kier molecular flexibility index (Phi) is 6.18. The third-order valence-electron chi connectivity index (χ3n) is 5.70. The van der Waals surface area contributed by atoms with E-state index in [4.69, 9.17) is 12.2 Å². The predicted molar refractivity (Wildman–Crippen MR) is 121 cm³/mol. The number of piperazine rings is 1. The molecule has 4 rings (SSSR count). The van der Waals surface area contributed by atoms with Crippen molar-refractivity contribution >= 4 is 24.0 Å². The number of aryl methyl sites for hydroxylation is 2. The SMILES string of the molecule is Cc1ccc(-c2n[nH]c(=S)n2CC(=O)N2CCN(C(=O)c3ccc(C)c(F)c3)CC2)cc1. The van der Waals surface area contributed by atoms with Crippen molar-refractivity contribution in [3.63, 3.8) is 0 Å². The quantitative estimate of drug-likeness (QED) is 0.615.